The third kappa shape index (κ3) is 4.72. The summed E-state index contributed by atoms with van der Waals surface area (Å²) in [5.41, 5.74) is 1.51. The molecule has 0 radical (unpaired) electrons. The van der Waals surface area contributed by atoms with E-state index in [9.17, 15) is 15.0 Å². The molecule has 0 spiro atoms. The molecule has 1 aromatic carbocycles. The number of carbonyl (C=O) groups excluding carboxylic acids is 1. The standard InChI is InChI=1S/C32H48O4/c1-4-5-15-36-26-17-21(16-25(34)20-26)7-6-8-22-18-23-19-24(33)11-13-31(23,2)28-12-14-32(3)27(30(22)28)9-10-29(32)35/h16-17,20,22-23,27-30,34-35H,4-15,18-19H2,1-3H3/t22-,23?,27?,28?,29+,30?,31+,32+/m1/s1. The van der Waals surface area contributed by atoms with E-state index in [1.165, 1.54) is 25.7 Å². The number of phenolic OH excluding ortho intramolecular Hbond substituents is 1. The Kier molecular flexibility index (Phi) is 7.47. The summed E-state index contributed by atoms with van der Waals surface area (Å²) in [6, 6.07) is 5.71. The number of hydrogen-bond acceptors (Lipinski definition) is 4. The Hall–Kier alpha value is -1.55. The third-order valence-corrected chi connectivity index (χ3v) is 11.4. The molecule has 4 unspecified atom stereocenters. The molecule has 0 aromatic heterocycles. The van der Waals surface area contributed by atoms with E-state index < -0.39 is 0 Å². The quantitative estimate of drug-likeness (QED) is 0.377. The van der Waals surface area contributed by atoms with E-state index in [2.05, 4.69) is 26.8 Å². The molecule has 0 saturated heterocycles. The highest BCUT2D eigenvalue weighted by molar-refractivity contribution is 5.79. The molecule has 4 fully saturated rings. The number of ketones is 1. The fraction of sp³-hybridized carbons (Fsp3) is 0.781. The molecule has 36 heavy (non-hydrogen) atoms. The monoisotopic (exact) mass is 496 g/mol. The van der Waals surface area contributed by atoms with Gasteiger partial charge in [-0.15, -0.1) is 0 Å². The summed E-state index contributed by atoms with van der Waals surface area (Å²) >= 11 is 0. The Morgan fingerprint density at radius 1 is 1.03 bits per heavy atom. The molecular formula is C32H48O4. The van der Waals surface area contributed by atoms with Gasteiger partial charge in [0.1, 0.15) is 17.3 Å². The molecule has 0 aliphatic heterocycles. The fourth-order valence-electron chi connectivity index (χ4n) is 9.26. The van der Waals surface area contributed by atoms with Crippen molar-refractivity contribution in [3.63, 3.8) is 0 Å². The summed E-state index contributed by atoms with van der Waals surface area (Å²) in [4.78, 5) is 12.5. The lowest BCUT2D eigenvalue weighted by molar-refractivity contribution is -0.156. The van der Waals surface area contributed by atoms with Crippen molar-refractivity contribution in [1.82, 2.24) is 0 Å². The highest BCUT2D eigenvalue weighted by Gasteiger charge is 2.62. The van der Waals surface area contributed by atoms with Gasteiger partial charge in [0.15, 0.2) is 0 Å². The number of aryl methyl sites for hydroxylation is 1. The number of phenols is 1. The van der Waals surface area contributed by atoms with Gasteiger partial charge in [-0.2, -0.15) is 0 Å². The van der Waals surface area contributed by atoms with Crippen molar-refractivity contribution in [3.05, 3.63) is 23.8 Å². The van der Waals surface area contributed by atoms with E-state index in [0.29, 0.717) is 47.4 Å². The van der Waals surface area contributed by atoms with Gasteiger partial charge in [-0.25, -0.2) is 0 Å². The van der Waals surface area contributed by atoms with Crippen LogP contribution in [-0.4, -0.2) is 28.7 Å². The minimum absolute atomic E-state index is 0.0725. The molecular weight excluding hydrogens is 448 g/mol. The summed E-state index contributed by atoms with van der Waals surface area (Å²) in [5, 5.41) is 21.2. The van der Waals surface area contributed by atoms with Crippen molar-refractivity contribution in [1.29, 1.82) is 0 Å². The number of ether oxygens (including phenoxy) is 1. The number of aliphatic hydroxyl groups excluding tert-OH is 1. The van der Waals surface area contributed by atoms with Crippen LogP contribution in [-0.2, 0) is 11.2 Å². The number of aliphatic hydroxyl groups is 1. The number of aromatic hydroxyl groups is 1. The molecule has 4 aliphatic carbocycles. The first kappa shape index (κ1) is 26.1. The van der Waals surface area contributed by atoms with Crippen LogP contribution in [0.25, 0.3) is 0 Å². The third-order valence-electron chi connectivity index (χ3n) is 11.4. The summed E-state index contributed by atoms with van der Waals surface area (Å²) in [6.07, 6.45) is 13.5. The maximum absolute atomic E-state index is 12.5. The van der Waals surface area contributed by atoms with Crippen LogP contribution in [0.4, 0.5) is 0 Å². The average Bonchev–Trinajstić information content (AvgIpc) is 3.14. The minimum Gasteiger partial charge on any atom is -0.508 e. The molecule has 8 atom stereocenters. The number of hydrogen-bond donors (Lipinski definition) is 2. The van der Waals surface area contributed by atoms with Crippen LogP contribution >= 0.6 is 0 Å². The molecule has 0 bridgehead atoms. The van der Waals surface area contributed by atoms with Gasteiger partial charge in [-0.05, 0) is 122 Å². The van der Waals surface area contributed by atoms with Gasteiger partial charge in [0.2, 0.25) is 0 Å². The van der Waals surface area contributed by atoms with Crippen LogP contribution < -0.4 is 4.74 Å². The average molecular weight is 497 g/mol. The lowest BCUT2D eigenvalue weighted by Crippen LogP contribution is -2.57. The second-order valence-electron chi connectivity index (χ2n) is 13.3. The van der Waals surface area contributed by atoms with Gasteiger partial charge in [-0.3, -0.25) is 4.79 Å². The summed E-state index contributed by atoms with van der Waals surface area (Å²) < 4.78 is 5.87. The first-order valence-corrected chi connectivity index (χ1v) is 14.9. The van der Waals surface area contributed by atoms with E-state index in [4.69, 9.17) is 4.74 Å². The van der Waals surface area contributed by atoms with Crippen molar-refractivity contribution in [2.45, 2.75) is 110 Å². The minimum atomic E-state index is -0.152. The van der Waals surface area contributed by atoms with Crippen LogP contribution in [0.15, 0.2) is 18.2 Å². The van der Waals surface area contributed by atoms with Crippen LogP contribution in [0.1, 0.15) is 103 Å². The zero-order chi connectivity index (χ0) is 25.5. The van der Waals surface area contributed by atoms with Crippen LogP contribution in [0.2, 0.25) is 0 Å². The first-order valence-electron chi connectivity index (χ1n) is 14.9. The van der Waals surface area contributed by atoms with Crippen LogP contribution in [0, 0.1) is 40.4 Å². The van der Waals surface area contributed by atoms with Crippen LogP contribution in [0.3, 0.4) is 0 Å². The van der Waals surface area contributed by atoms with Crippen molar-refractivity contribution in [2.75, 3.05) is 6.61 Å². The highest BCUT2D eigenvalue weighted by Crippen LogP contribution is 2.67. The Morgan fingerprint density at radius 2 is 1.83 bits per heavy atom. The SMILES string of the molecule is CCCCOc1cc(O)cc(CCC[C@@H]2CC3CC(=O)CC[C@]3(C)C3CC[C@@]4(C)C(CC[C@@H]4O)C32)c1. The first-order chi connectivity index (χ1) is 17.2. The van der Waals surface area contributed by atoms with Gasteiger partial charge in [-0.1, -0.05) is 27.2 Å². The van der Waals surface area contributed by atoms with E-state index in [-0.39, 0.29) is 17.3 Å². The topological polar surface area (TPSA) is 66.8 Å². The fourth-order valence-corrected chi connectivity index (χ4v) is 9.26. The van der Waals surface area contributed by atoms with Gasteiger partial charge in [0.25, 0.3) is 0 Å². The summed E-state index contributed by atoms with van der Waals surface area (Å²) in [7, 11) is 0. The van der Waals surface area contributed by atoms with Gasteiger partial charge in [0, 0.05) is 18.9 Å². The van der Waals surface area contributed by atoms with Crippen molar-refractivity contribution < 1.29 is 19.7 Å². The smallest absolute Gasteiger partial charge is 0.133 e. The predicted octanol–water partition coefficient (Wildman–Crippen LogP) is 7.09. The number of carbonyl (C=O) groups is 1. The van der Waals surface area contributed by atoms with E-state index >= 15 is 0 Å². The Bertz CT molecular complexity index is 942. The molecule has 4 nitrogen and oxygen atoms in total. The maximum atomic E-state index is 12.5. The Balaban J connectivity index is 1.32. The zero-order valence-corrected chi connectivity index (χ0v) is 22.8. The molecule has 200 valence electrons. The number of rotatable bonds is 8. The highest BCUT2D eigenvalue weighted by atomic mass is 16.5. The van der Waals surface area contributed by atoms with Gasteiger partial charge >= 0.3 is 0 Å². The summed E-state index contributed by atoms with van der Waals surface area (Å²) in [6.45, 7) is 7.72. The molecule has 4 heteroatoms. The van der Waals surface area contributed by atoms with E-state index in [0.717, 1.165) is 69.1 Å². The molecule has 2 N–H and O–H groups in total. The molecule has 4 aliphatic rings. The number of unbranched alkanes of at least 4 members (excludes halogenated alkanes) is 1. The lowest BCUT2D eigenvalue weighted by atomic mass is 9.42. The largest absolute Gasteiger partial charge is 0.508 e. The van der Waals surface area contributed by atoms with Crippen molar-refractivity contribution >= 4 is 5.78 Å². The molecule has 1 aromatic rings. The second kappa shape index (κ2) is 10.3. The number of Topliss-reactive ketones (excluding diaryl/α,β-unsaturated/α-hetero) is 1. The van der Waals surface area contributed by atoms with Gasteiger partial charge < -0.3 is 14.9 Å². The van der Waals surface area contributed by atoms with Gasteiger partial charge in [0.05, 0.1) is 12.7 Å². The normalized spacial score (nSPS) is 39.8. The predicted molar refractivity (Wildman–Crippen MR) is 143 cm³/mol. The maximum Gasteiger partial charge on any atom is 0.133 e. The zero-order valence-electron chi connectivity index (χ0n) is 22.8. The van der Waals surface area contributed by atoms with Crippen molar-refractivity contribution in [2.24, 2.45) is 40.4 Å². The van der Waals surface area contributed by atoms with Crippen LogP contribution in [0.5, 0.6) is 11.5 Å². The number of fused-ring (bicyclic) bond motifs is 5. The molecule has 5 rings (SSSR count). The second-order valence-corrected chi connectivity index (χ2v) is 13.3. The Labute approximate surface area is 218 Å². The van der Waals surface area contributed by atoms with Crippen molar-refractivity contribution in [3.8, 4) is 11.5 Å². The molecule has 0 amide bonds. The molecule has 4 saturated carbocycles. The van der Waals surface area contributed by atoms with E-state index in [1.807, 2.05) is 6.07 Å². The lowest BCUT2D eigenvalue weighted by Gasteiger charge is -2.62. The van der Waals surface area contributed by atoms with E-state index in [1.54, 1.807) is 6.07 Å². The number of benzene rings is 1. The molecule has 0 heterocycles. The Morgan fingerprint density at radius 3 is 2.64 bits per heavy atom. The summed E-state index contributed by atoms with van der Waals surface area (Å²) in [5.74, 6) is 4.68.